The van der Waals surface area contributed by atoms with E-state index in [0.717, 1.165) is 31.6 Å². The number of rotatable bonds is 6. The standard InChI is InChI=1S/C16H24N2O3/c1-12(15-4-3-11-21-15)18-16(19)17-10-9-13-5-7-14(20-2)8-6-13/h5-8,12,15H,3-4,9-11H2,1-2H3,(H2,17,18,19). The van der Waals surface area contributed by atoms with Crippen molar-refractivity contribution in [2.75, 3.05) is 20.3 Å². The molecule has 0 saturated carbocycles. The van der Waals surface area contributed by atoms with Crippen LogP contribution in [-0.2, 0) is 11.2 Å². The molecule has 5 heteroatoms. The second kappa shape index (κ2) is 7.88. The van der Waals surface area contributed by atoms with Crippen LogP contribution in [0.3, 0.4) is 0 Å². The Bertz CT molecular complexity index is 441. The van der Waals surface area contributed by atoms with Gasteiger partial charge in [-0.05, 0) is 43.9 Å². The molecule has 1 aromatic carbocycles. The van der Waals surface area contributed by atoms with Gasteiger partial charge in [-0.1, -0.05) is 12.1 Å². The van der Waals surface area contributed by atoms with Crippen molar-refractivity contribution in [3.8, 4) is 5.75 Å². The zero-order valence-electron chi connectivity index (χ0n) is 12.7. The Kier molecular flexibility index (Phi) is 5.87. The molecule has 0 radical (unpaired) electrons. The molecule has 2 N–H and O–H groups in total. The third-order valence-electron chi connectivity index (χ3n) is 3.74. The van der Waals surface area contributed by atoms with Crippen LogP contribution in [0.4, 0.5) is 4.79 Å². The Labute approximate surface area is 126 Å². The van der Waals surface area contributed by atoms with E-state index in [1.165, 1.54) is 5.56 Å². The van der Waals surface area contributed by atoms with Gasteiger partial charge in [0.1, 0.15) is 5.75 Å². The largest absolute Gasteiger partial charge is 0.497 e. The number of carbonyl (C=O) groups is 1. The molecule has 0 aromatic heterocycles. The third-order valence-corrected chi connectivity index (χ3v) is 3.74. The number of nitrogens with one attached hydrogen (secondary N) is 2. The first kappa shape index (κ1) is 15.6. The highest BCUT2D eigenvalue weighted by atomic mass is 16.5. The highest BCUT2D eigenvalue weighted by molar-refractivity contribution is 5.74. The van der Waals surface area contributed by atoms with Crippen LogP contribution in [0.2, 0.25) is 0 Å². The quantitative estimate of drug-likeness (QED) is 0.844. The predicted octanol–water partition coefficient (Wildman–Crippen LogP) is 2.10. The summed E-state index contributed by atoms with van der Waals surface area (Å²) in [6.45, 7) is 3.39. The van der Waals surface area contributed by atoms with Crippen LogP contribution in [0.15, 0.2) is 24.3 Å². The molecule has 0 bridgehead atoms. The van der Waals surface area contributed by atoms with Gasteiger partial charge in [0.05, 0.1) is 19.3 Å². The van der Waals surface area contributed by atoms with Crippen LogP contribution in [0.5, 0.6) is 5.75 Å². The average Bonchev–Trinajstić information content (AvgIpc) is 3.02. The lowest BCUT2D eigenvalue weighted by Gasteiger charge is -2.20. The minimum Gasteiger partial charge on any atom is -0.497 e. The summed E-state index contributed by atoms with van der Waals surface area (Å²) in [5.41, 5.74) is 1.17. The van der Waals surface area contributed by atoms with E-state index in [1.54, 1.807) is 7.11 Å². The molecule has 21 heavy (non-hydrogen) atoms. The summed E-state index contributed by atoms with van der Waals surface area (Å²) in [4.78, 5) is 11.8. The van der Waals surface area contributed by atoms with Gasteiger partial charge in [-0.25, -0.2) is 4.79 Å². The molecule has 2 rings (SSSR count). The smallest absolute Gasteiger partial charge is 0.315 e. The zero-order chi connectivity index (χ0) is 15.1. The van der Waals surface area contributed by atoms with Crippen molar-refractivity contribution in [1.82, 2.24) is 10.6 Å². The third kappa shape index (κ3) is 4.93. The molecule has 1 aliphatic heterocycles. The molecule has 116 valence electrons. The first-order valence-electron chi connectivity index (χ1n) is 7.48. The number of methoxy groups -OCH3 is 1. The van der Waals surface area contributed by atoms with Crippen LogP contribution >= 0.6 is 0 Å². The van der Waals surface area contributed by atoms with Gasteiger partial charge in [0, 0.05) is 13.2 Å². The van der Waals surface area contributed by atoms with Crippen LogP contribution in [0.25, 0.3) is 0 Å². The molecule has 1 heterocycles. The molecule has 2 amide bonds. The topological polar surface area (TPSA) is 59.6 Å². The number of benzene rings is 1. The van der Waals surface area contributed by atoms with E-state index in [1.807, 2.05) is 31.2 Å². The fourth-order valence-electron chi connectivity index (χ4n) is 2.46. The van der Waals surface area contributed by atoms with Gasteiger partial charge >= 0.3 is 6.03 Å². The van der Waals surface area contributed by atoms with Crippen LogP contribution in [0, 0.1) is 0 Å². The van der Waals surface area contributed by atoms with E-state index in [-0.39, 0.29) is 18.2 Å². The summed E-state index contributed by atoms with van der Waals surface area (Å²) >= 11 is 0. The molecular formula is C16H24N2O3. The van der Waals surface area contributed by atoms with Gasteiger partial charge in [-0.3, -0.25) is 0 Å². The minimum atomic E-state index is -0.133. The van der Waals surface area contributed by atoms with Gasteiger partial charge in [-0.2, -0.15) is 0 Å². The van der Waals surface area contributed by atoms with Gasteiger partial charge in [0.25, 0.3) is 0 Å². The zero-order valence-corrected chi connectivity index (χ0v) is 12.7. The van der Waals surface area contributed by atoms with E-state index in [4.69, 9.17) is 9.47 Å². The van der Waals surface area contributed by atoms with Gasteiger partial charge < -0.3 is 20.1 Å². The minimum absolute atomic E-state index is 0.0495. The molecule has 0 spiro atoms. The fraction of sp³-hybridized carbons (Fsp3) is 0.562. The van der Waals surface area contributed by atoms with Gasteiger partial charge in [0.2, 0.25) is 0 Å². The lowest BCUT2D eigenvalue weighted by Crippen LogP contribution is -2.46. The summed E-state index contributed by atoms with van der Waals surface area (Å²) in [7, 11) is 1.65. The van der Waals surface area contributed by atoms with E-state index in [2.05, 4.69) is 10.6 Å². The summed E-state index contributed by atoms with van der Waals surface area (Å²) in [5.74, 6) is 0.842. The second-order valence-electron chi connectivity index (χ2n) is 5.34. The maximum Gasteiger partial charge on any atom is 0.315 e. The Hall–Kier alpha value is -1.75. The summed E-state index contributed by atoms with van der Waals surface area (Å²) < 4.78 is 10.7. The predicted molar refractivity (Wildman–Crippen MR) is 81.7 cm³/mol. The SMILES string of the molecule is COc1ccc(CCNC(=O)NC(C)C2CCCO2)cc1. The Morgan fingerprint density at radius 2 is 2.19 bits per heavy atom. The van der Waals surface area contributed by atoms with E-state index < -0.39 is 0 Å². The summed E-state index contributed by atoms with van der Waals surface area (Å²) in [6.07, 6.45) is 3.05. The van der Waals surface area contributed by atoms with Crippen molar-refractivity contribution in [2.45, 2.75) is 38.3 Å². The van der Waals surface area contributed by atoms with Crippen LogP contribution in [0.1, 0.15) is 25.3 Å². The number of ether oxygens (including phenoxy) is 2. The van der Waals surface area contributed by atoms with E-state index >= 15 is 0 Å². The van der Waals surface area contributed by atoms with Crippen molar-refractivity contribution >= 4 is 6.03 Å². The van der Waals surface area contributed by atoms with Gasteiger partial charge in [-0.15, -0.1) is 0 Å². The monoisotopic (exact) mass is 292 g/mol. The lowest BCUT2D eigenvalue weighted by molar-refractivity contribution is 0.0860. The summed E-state index contributed by atoms with van der Waals surface area (Å²) in [5, 5.41) is 5.81. The number of hydrogen-bond donors (Lipinski definition) is 2. The normalized spacial score (nSPS) is 19.0. The number of hydrogen-bond acceptors (Lipinski definition) is 3. The number of urea groups is 1. The molecule has 1 fully saturated rings. The molecule has 2 unspecified atom stereocenters. The number of amides is 2. The van der Waals surface area contributed by atoms with Crippen LogP contribution < -0.4 is 15.4 Å². The van der Waals surface area contributed by atoms with Crippen molar-refractivity contribution in [3.63, 3.8) is 0 Å². The van der Waals surface area contributed by atoms with E-state index in [9.17, 15) is 4.79 Å². The second-order valence-corrected chi connectivity index (χ2v) is 5.34. The van der Waals surface area contributed by atoms with Crippen molar-refractivity contribution in [2.24, 2.45) is 0 Å². The van der Waals surface area contributed by atoms with Crippen molar-refractivity contribution in [3.05, 3.63) is 29.8 Å². The maximum absolute atomic E-state index is 11.8. The first-order valence-corrected chi connectivity index (χ1v) is 7.48. The summed E-state index contributed by atoms with van der Waals surface area (Å²) in [6, 6.07) is 7.78. The fourth-order valence-corrected chi connectivity index (χ4v) is 2.46. The van der Waals surface area contributed by atoms with Gasteiger partial charge in [0.15, 0.2) is 0 Å². The highest BCUT2D eigenvalue weighted by Crippen LogP contribution is 2.15. The lowest BCUT2D eigenvalue weighted by atomic mass is 10.1. The van der Waals surface area contributed by atoms with Crippen molar-refractivity contribution < 1.29 is 14.3 Å². The number of carbonyl (C=O) groups excluding carboxylic acids is 1. The molecule has 2 atom stereocenters. The molecule has 5 nitrogen and oxygen atoms in total. The molecular weight excluding hydrogens is 268 g/mol. The molecule has 0 aliphatic carbocycles. The molecule has 1 saturated heterocycles. The maximum atomic E-state index is 11.8. The Balaban J connectivity index is 1.66. The Morgan fingerprint density at radius 1 is 1.43 bits per heavy atom. The highest BCUT2D eigenvalue weighted by Gasteiger charge is 2.23. The van der Waals surface area contributed by atoms with E-state index in [0.29, 0.717) is 6.54 Å². The van der Waals surface area contributed by atoms with Crippen LogP contribution in [-0.4, -0.2) is 38.4 Å². The molecule has 1 aromatic rings. The van der Waals surface area contributed by atoms with Crippen molar-refractivity contribution in [1.29, 1.82) is 0 Å². The molecule has 1 aliphatic rings. The Morgan fingerprint density at radius 3 is 2.81 bits per heavy atom. The first-order chi connectivity index (χ1) is 10.2. The average molecular weight is 292 g/mol.